The summed E-state index contributed by atoms with van der Waals surface area (Å²) in [7, 11) is 0. The van der Waals surface area contributed by atoms with Gasteiger partial charge in [-0.3, -0.25) is 4.98 Å². The summed E-state index contributed by atoms with van der Waals surface area (Å²) in [4.78, 5) is 7.73. The number of fused-ring (bicyclic) bond motifs is 1. The second kappa shape index (κ2) is 4.76. The van der Waals surface area contributed by atoms with Crippen molar-refractivity contribution in [3.05, 3.63) is 36.9 Å². The van der Waals surface area contributed by atoms with Crippen molar-refractivity contribution in [2.24, 2.45) is 0 Å². The lowest BCUT2D eigenvalue weighted by atomic mass is 10.1. The highest BCUT2D eigenvalue weighted by Crippen LogP contribution is 2.27. The van der Waals surface area contributed by atoms with E-state index in [1.54, 1.807) is 0 Å². The van der Waals surface area contributed by atoms with Gasteiger partial charge in [0.1, 0.15) is 6.23 Å². The van der Waals surface area contributed by atoms with Crippen LogP contribution in [0.1, 0.15) is 25.5 Å². The van der Waals surface area contributed by atoms with Gasteiger partial charge >= 0.3 is 0 Å². The quantitative estimate of drug-likeness (QED) is 0.777. The number of aromatic amines is 1. The number of H-pyrrole nitrogens is 1. The first-order chi connectivity index (χ1) is 9.92. The maximum Gasteiger partial charge on any atom is 0.150 e. The number of nitrogens with one attached hydrogen (secondary N) is 1. The molecular weight excluding hydrogens is 252 g/mol. The molecule has 0 saturated carbocycles. The molecule has 1 atom stereocenters. The lowest BCUT2D eigenvalue weighted by Gasteiger charge is -2.22. The average Bonchev–Trinajstić information content (AvgIpc) is 3.17. The maximum absolute atomic E-state index is 5.76. The summed E-state index contributed by atoms with van der Waals surface area (Å²) in [5, 5.41) is 5.61. The summed E-state index contributed by atoms with van der Waals surface area (Å²) in [6, 6.07) is 4.05. The molecule has 5 heteroatoms. The van der Waals surface area contributed by atoms with Gasteiger partial charge < -0.3 is 9.72 Å². The first-order valence-corrected chi connectivity index (χ1v) is 7.00. The van der Waals surface area contributed by atoms with E-state index in [-0.39, 0.29) is 6.23 Å². The molecule has 1 fully saturated rings. The Balaban J connectivity index is 1.72. The third kappa shape index (κ3) is 1.91. The molecule has 0 aliphatic carbocycles. The SMILES string of the molecule is c1cc2cc[nH]c2c(-c2cnn(C3CCCCO3)c2)n1. The maximum atomic E-state index is 5.76. The van der Waals surface area contributed by atoms with E-state index < -0.39 is 0 Å². The lowest BCUT2D eigenvalue weighted by molar-refractivity contribution is -0.0394. The Morgan fingerprint density at radius 2 is 2.30 bits per heavy atom. The summed E-state index contributed by atoms with van der Waals surface area (Å²) in [6.45, 7) is 0.824. The molecule has 0 radical (unpaired) electrons. The zero-order valence-corrected chi connectivity index (χ0v) is 11.1. The number of hydrogen-bond donors (Lipinski definition) is 1. The Morgan fingerprint density at radius 1 is 1.30 bits per heavy atom. The van der Waals surface area contributed by atoms with E-state index in [1.165, 1.54) is 6.42 Å². The fourth-order valence-electron chi connectivity index (χ4n) is 2.75. The van der Waals surface area contributed by atoms with Gasteiger partial charge in [-0.1, -0.05) is 0 Å². The molecule has 0 amide bonds. The summed E-state index contributed by atoms with van der Waals surface area (Å²) in [5.41, 5.74) is 3.01. The van der Waals surface area contributed by atoms with Gasteiger partial charge in [0, 0.05) is 36.1 Å². The van der Waals surface area contributed by atoms with Crippen molar-refractivity contribution in [2.45, 2.75) is 25.5 Å². The summed E-state index contributed by atoms with van der Waals surface area (Å²) in [5.74, 6) is 0. The van der Waals surface area contributed by atoms with Crippen LogP contribution in [-0.2, 0) is 4.74 Å². The summed E-state index contributed by atoms with van der Waals surface area (Å²) < 4.78 is 7.67. The Labute approximate surface area is 116 Å². The predicted octanol–water partition coefficient (Wildman–Crippen LogP) is 3.13. The molecule has 0 spiro atoms. The van der Waals surface area contributed by atoms with Gasteiger partial charge in [-0.25, -0.2) is 4.68 Å². The minimum Gasteiger partial charge on any atom is -0.359 e. The second-order valence-electron chi connectivity index (χ2n) is 5.13. The van der Waals surface area contributed by atoms with Crippen LogP contribution in [0.25, 0.3) is 22.2 Å². The van der Waals surface area contributed by atoms with E-state index in [0.29, 0.717) is 0 Å². The zero-order chi connectivity index (χ0) is 13.4. The molecule has 1 aliphatic rings. The van der Waals surface area contributed by atoms with Crippen LogP contribution in [0.2, 0.25) is 0 Å². The Morgan fingerprint density at radius 3 is 3.20 bits per heavy atom. The summed E-state index contributed by atoms with van der Waals surface area (Å²) in [6.07, 6.45) is 11.1. The third-order valence-electron chi connectivity index (χ3n) is 3.80. The molecule has 5 nitrogen and oxygen atoms in total. The van der Waals surface area contributed by atoms with E-state index in [1.807, 2.05) is 35.5 Å². The summed E-state index contributed by atoms with van der Waals surface area (Å²) >= 11 is 0. The molecule has 3 aromatic rings. The minimum atomic E-state index is 0.0698. The van der Waals surface area contributed by atoms with Crippen LogP contribution in [0, 0.1) is 0 Å². The van der Waals surface area contributed by atoms with Gasteiger partial charge in [-0.15, -0.1) is 0 Å². The first kappa shape index (κ1) is 11.7. The molecule has 3 aromatic heterocycles. The number of nitrogens with zero attached hydrogens (tertiary/aromatic N) is 3. The fourth-order valence-corrected chi connectivity index (χ4v) is 2.75. The van der Waals surface area contributed by atoms with Crippen LogP contribution in [-0.4, -0.2) is 26.4 Å². The first-order valence-electron chi connectivity index (χ1n) is 7.00. The molecule has 4 rings (SSSR count). The van der Waals surface area contributed by atoms with Crippen LogP contribution in [0.5, 0.6) is 0 Å². The highest BCUT2D eigenvalue weighted by Gasteiger charge is 2.17. The molecular formula is C15H16N4O. The van der Waals surface area contributed by atoms with Gasteiger partial charge in [-0.2, -0.15) is 5.10 Å². The van der Waals surface area contributed by atoms with Crippen LogP contribution in [0.3, 0.4) is 0 Å². The normalized spacial score (nSPS) is 19.5. The largest absolute Gasteiger partial charge is 0.359 e. The molecule has 0 aromatic carbocycles. The smallest absolute Gasteiger partial charge is 0.150 e. The standard InChI is InChI=1S/C15H16N4O/c1-2-8-20-13(3-1)19-10-12(9-18-19)15-14-11(4-6-16-14)5-7-17-15/h4-7,9-10,13,16H,1-3,8H2. The number of ether oxygens (including phenoxy) is 1. The molecule has 20 heavy (non-hydrogen) atoms. The highest BCUT2D eigenvalue weighted by molar-refractivity contribution is 5.91. The van der Waals surface area contributed by atoms with E-state index in [2.05, 4.69) is 21.1 Å². The Bertz CT molecular complexity index is 724. The van der Waals surface area contributed by atoms with Gasteiger partial charge in [-0.05, 0) is 31.4 Å². The lowest BCUT2D eigenvalue weighted by Crippen LogP contribution is -2.18. The van der Waals surface area contributed by atoms with E-state index in [4.69, 9.17) is 4.74 Å². The van der Waals surface area contributed by atoms with Crippen LogP contribution < -0.4 is 0 Å². The van der Waals surface area contributed by atoms with Crippen molar-refractivity contribution in [1.29, 1.82) is 0 Å². The molecule has 4 heterocycles. The second-order valence-corrected chi connectivity index (χ2v) is 5.13. The number of aromatic nitrogens is 4. The van der Waals surface area contributed by atoms with Crippen LogP contribution in [0.4, 0.5) is 0 Å². The van der Waals surface area contributed by atoms with E-state index in [9.17, 15) is 0 Å². The average molecular weight is 268 g/mol. The topological polar surface area (TPSA) is 55.7 Å². The fraction of sp³-hybridized carbons (Fsp3) is 0.333. The van der Waals surface area contributed by atoms with E-state index >= 15 is 0 Å². The number of hydrogen-bond acceptors (Lipinski definition) is 3. The van der Waals surface area contributed by atoms with Gasteiger partial charge in [0.25, 0.3) is 0 Å². The van der Waals surface area contributed by atoms with Gasteiger partial charge in [0.2, 0.25) is 0 Å². The van der Waals surface area contributed by atoms with E-state index in [0.717, 1.165) is 41.6 Å². The molecule has 102 valence electrons. The molecule has 1 saturated heterocycles. The van der Waals surface area contributed by atoms with Crippen molar-refractivity contribution in [1.82, 2.24) is 19.7 Å². The molecule has 1 N–H and O–H groups in total. The van der Waals surface area contributed by atoms with Crippen molar-refractivity contribution in [3.8, 4) is 11.3 Å². The van der Waals surface area contributed by atoms with Crippen LogP contribution >= 0.6 is 0 Å². The highest BCUT2D eigenvalue weighted by atomic mass is 16.5. The van der Waals surface area contributed by atoms with Crippen LogP contribution in [0.15, 0.2) is 36.9 Å². The molecule has 0 bridgehead atoms. The third-order valence-corrected chi connectivity index (χ3v) is 3.80. The minimum absolute atomic E-state index is 0.0698. The van der Waals surface area contributed by atoms with Crippen molar-refractivity contribution >= 4 is 10.9 Å². The Kier molecular flexibility index (Phi) is 2.77. The zero-order valence-electron chi connectivity index (χ0n) is 11.1. The van der Waals surface area contributed by atoms with Crippen molar-refractivity contribution in [2.75, 3.05) is 6.61 Å². The number of rotatable bonds is 2. The Hall–Kier alpha value is -2.14. The van der Waals surface area contributed by atoms with Crippen molar-refractivity contribution in [3.63, 3.8) is 0 Å². The molecule has 1 unspecified atom stereocenters. The number of pyridine rings is 1. The monoisotopic (exact) mass is 268 g/mol. The predicted molar refractivity (Wildman–Crippen MR) is 76.2 cm³/mol. The van der Waals surface area contributed by atoms with Crippen molar-refractivity contribution < 1.29 is 4.74 Å². The molecule has 1 aliphatic heterocycles. The van der Waals surface area contributed by atoms with Gasteiger partial charge in [0.05, 0.1) is 17.4 Å². The van der Waals surface area contributed by atoms with Gasteiger partial charge in [0.15, 0.2) is 0 Å².